The summed E-state index contributed by atoms with van der Waals surface area (Å²) in [5.41, 5.74) is 0. The number of aromatic nitrogens is 3. The first-order valence-corrected chi connectivity index (χ1v) is 7.06. The lowest BCUT2D eigenvalue weighted by molar-refractivity contribution is 0.0315. The maximum absolute atomic E-state index is 5.71. The van der Waals surface area contributed by atoms with Crippen molar-refractivity contribution in [2.45, 2.75) is 49.4 Å². The Morgan fingerprint density at radius 1 is 1.38 bits per heavy atom. The van der Waals surface area contributed by atoms with Gasteiger partial charge < -0.3 is 9.30 Å². The average Bonchev–Trinajstić information content (AvgIpc) is 3.07. The highest BCUT2D eigenvalue weighted by atomic mass is 32.2. The molecule has 1 aliphatic heterocycles. The summed E-state index contributed by atoms with van der Waals surface area (Å²) in [5, 5.41) is 9.25. The van der Waals surface area contributed by atoms with E-state index in [1.54, 1.807) is 11.8 Å². The van der Waals surface area contributed by atoms with Crippen molar-refractivity contribution >= 4 is 11.8 Å². The fraction of sp³-hybridized carbons (Fsp3) is 0.818. The van der Waals surface area contributed by atoms with E-state index in [2.05, 4.69) is 14.8 Å². The molecule has 5 heteroatoms. The molecule has 0 aromatic carbocycles. The van der Waals surface area contributed by atoms with Crippen LogP contribution in [0.15, 0.2) is 11.5 Å². The second-order valence-electron chi connectivity index (χ2n) is 4.55. The Balaban J connectivity index is 1.54. The van der Waals surface area contributed by atoms with Crippen LogP contribution in [-0.2, 0) is 4.74 Å². The molecule has 88 valence electrons. The summed E-state index contributed by atoms with van der Waals surface area (Å²) in [5.74, 6) is 1.02. The van der Waals surface area contributed by atoms with Crippen LogP contribution in [0.25, 0.3) is 0 Å². The van der Waals surface area contributed by atoms with E-state index in [-0.39, 0.29) is 0 Å². The van der Waals surface area contributed by atoms with Crippen molar-refractivity contribution in [3.05, 3.63) is 6.33 Å². The van der Waals surface area contributed by atoms with Crippen LogP contribution in [0.2, 0.25) is 0 Å². The van der Waals surface area contributed by atoms with Gasteiger partial charge in [0.15, 0.2) is 5.16 Å². The van der Waals surface area contributed by atoms with Crippen LogP contribution in [0.4, 0.5) is 0 Å². The summed E-state index contributed by atoms with van der Waals surface area (Å²) in [6.07, 6.45) is 8.58. The van der Waals surface area contributed by atoms with Crippen molar-refractivity contribution in [3.63, 3.8) is 0 Å². The van der Waals surface area contributed by atoms with Gasteiger partial charge in [-0.3, -0.25) is 0 Å². The third kappa shape index (κ3) is 2.40. The number of thioether (sulfide) groups is 1. The molecule has 1 atom stereocenters. The van der Waals surface area contributed by atoms with Crippen LogP contribution in [0.5, 0.6) is 0 Å². The molecular formula is C11H17N3OS. The molecule has 1 aromatic heterocycles. The lowest BCUT2D eigenvalue weighted by Crippen LogP contribution is -2.21. The van der Waals surface area contributed by atoms with Gasteiger partial charge in [-0.25, -0.2) is 0 Å². The second-order valence-corrected chi connectivity index (χ2v) is 5.54. The monoisotopic (exact) mass is 239 g/mol. The molecule has 1 saturated heterocycles. The molecule has 4 nitrogen and oxygen atoms in total. The Morgan fingerprint density at radius 3 is 3.06 bits per heavy atom. The quantitative estimate of drug-likeness (QED) is 0.756. The molecule has 1 aliphatic carbocycles. The van der Waals surface area contributed by atoms with E-state index in [1.807, 2.05) is 6.33 Å². The van der Waals surface area contributed by atoms with E-state index in [1.165, 1.54) is 32.1 Å². The molecule has 1 saturated carbocycles. The first kappa shape index (κ1) is 10.6. The Bertz CT molecular complexity index is 345. The molecule has 0 spiro atoms. The van der Waals surface area contributed by atoms with Crippen LogP contribution in [0, 0.1) is 0 Å². The van der Waals surface area contributed by atoms with E-state index in [0.29, 0.717) is 12.1 Å². The molecule has 0 bridgehead atoms. The van der Waals surface area contributed by atoms with Crippen molar-refractivity contribution in [1.82, 2.24) is 14.8 Å². The molecule has 3 rings (SSSR count). The van der Waals surface area contributed by atoms with Crippen LogP contribution in [0.1, 0.15) is 38.1 Å². The van der Waals surface area contributed by atoms with Gasteiger partial charge in [0.05, 0.1) is 6.10 Å². The summed E-state index contributed by atoms with van der Waals surface area (Å²) in [6.45, 7) is 0.931. The summed E-state index contributed by atoms with van der Waals surface area (Å²) in [4.78, 5) is 0. The fourth-order valence-corrected chi connectivity index (χ4v) is 3.09. The predicted octanol–water partition coefficient (Wildman–Crippen LogP) is 2.27. The summed E-state index contributed by atoms with van der Waals surface area (Å²) in [7, 11) is 0. The van der Waals surface area contributed by atoms with Crippen LogP contribution in [0.3, 0.4) is 0 Å². The van der Waals surface area contributed by atoms with E-state index < -0.39 is 0 Å². The standard InChI is InChI=1S/C11H17N3OS/c1-2-6-15-10(3-1)7-16-11-13-12-8-14(11)9-4-5-9/h8-10H,1-7H2/t10-/m0/s1. The summed E-state index contributed by atoms with van der Waals surface area (Å²) < 4.78 is 7.93. The topological polar surface area (TPSA) is 39.9 Å². The van der Waals surface area contributed by atoms with Gasteiger partial charge in [-0.05, 0) is 32.1 Å². The zero-order chi connectivity index (χ0) is 10.8. The lowest BCUT2D eigenvalue weighted by Gasteiger charge is -2.21. The van der Waals surface area contributed by atoms with Crippen LogP contribution >= 0.6 is 11.8 Å². The van der Waals surface area contributed by atoms with Gasteiger partial charge in [0.1, 0.15) is 6.33 Å². The van der Waals surface area contributed by atoms with E-state index in [9.17, 15) is 0 Å². The molecule has 0 amide bonds. The number of ether oxygens (including phenoxy) is 1. The predicted molar refractivity (Wildman–Crippen MR) is 62.6 cm³/mol. The number of hydrogen-bond donors (Lipinski definition) is 0. The van der Waals surface area contributed by atoms with Gasteiger partial charge in [0.2, 0.25) is 0 Å². The Hall–Kier alpha value is -0.550. The van der Waals surface area contributed by atoms with Gasteiger partial charge >= 0.3 is 0 Å². The number of nitrogens with zero attached hydrogens (tertiary/aromatic N) is 3. The normalized spacial score (nSPS) is 25.9. The van der Waals surface area contributed by atoms with Gasteiger partial charge in [-0.1, -0.05) is 11.8 Å². The molecule has 0 unspecified atom stereocenters. The van der Waals surface area contributed by atoms with Crippen molar-refractivity contribution < 1.29 is 4.74 Å². The Morgan fingerprint density at radius 2 is 2.31 bits per heavy atom. The van der Waals surface area contributed by atoms with E-state index >= 15 is 0 Å². The highest BCUT2D eigenvalue weighted by Gasteiger charge is 2.26. The smallest absolute Gasteiger partial charge is 0.191 e. The van der Waals surface area contributed by atoms with Crippen LogP contribution in [-0.4, -0.2) is 33.2 Å². The summed E-state index contributed by atoms with van der Waals surface area (Å²) in [6, 6.07) is 0.671. The number of rotatable bonds is 4. The van der Waals surface area contributed by atoms with Gasteiger partial charge in [0, 0.05) is 18.4 Å². The zero-order valence-electron chi connectivity index (χ0n) is 9.34. The minimum atomic E-state index is 0.420. The Labute approximate surface area is 99.8 Å². The molecule has 1 aromatic rings. The molecule has 2 fully saturated rings. The third-order valence-corrected chi connectivity index (χ3v) is 4.24. The largest absolute Gasteiger partial charge is 0.377 e. The van der Waals surface area contributed by atoms with Crippen molar-refractivity contribution in [3.8, 4) is 0 Å². The second kappa shape index (κ2) is 4.75. The van der Waals surface area contributed by atoms with Crippen molar-refractivity contribution in [2.75, 3.05) is 12.4 Å². The molecule has 2 heterocycles. The third-order valence-electron chi connectivity index (χ3n) is 3.15. The summed E-state index contributed by atoms with van der Waals surface area (Å²) >= 11 is 1.79. The highest BCUT2D eigenvalue weighted by molar-refractivity contribution is 7.99. The van der Waals surface area contributed by atoms with Crippen molar-refractivity contribution in [2.24, 2.45) is 0 Å². The van der Waals surface area contributed by atoms with Crippen molar-refractivity contribution in [1.29, 1.82) is 0 Å². The maximum Gasteiger partial charge on any atom is 0.191 e. The fourth-order valence-electron chi connectivity index (χ4n) is 2.04. The maximum atomic E-state index is 5.71. The lowest BCUT2D eigenvalue weighted by atomic mass is 10.1. The van der Waals surface area contributed by atoms with Gasteiger partial charge in [0.25, 0.3) is 0 Å². The SMILES string of the molecule is c1nnc(SC[C@@H]2CCCCO2)n1C1CC1. The molecule has 0 radical (unpaired) electrons. The van der Waals surface area contributed by atoms with E-state index in [0.717, 1.165) is 17.5 Å². The van der Waals surface area contributed by atoms with Gasteiger partial charge in [-0.2, -0.15) is 0 Å². The molecular weight excluding hydrogens is 222 g/mol. The molecule has 0 N–H and O–H groups in total. The molecule has 2 aliphatic rings. The Kier molecular flexibility index (Phi) is 3.15. The number of hydrogen-bond acceptors (Lipinski definition) is 4. The first-order valence-electron chi connectivity index (χ1n) is 6.07. The minimum Gasteiger partial charge on any atom is -0.377 e. The average molecular weight is 239 g/mol. The van der Waals surface area contributed by atoms with Gasteiger partial charge in [-0.15, -0.1) is 10.2 Å². The van der Waals surface area contributed by atoms with E-state index in [4.69, 9.17) is 4.74 Å². The molecule has 16 heavy (non-hydrogen) atoms. The highest BCUT2D eigenvalue weighted by Crippen LogP contribution is 2.37. The zero-order valence-corrected chi connectivity index (χ0v) is 10.2. The first-order chi connectivity index (χ1) is 7.93. The van der Waals surface area contributed by atoms with Crippen LogP contribution < -0.4 is 0 Å². The minimum absolute atomic E-state index is 0.420.